The maximum absolute atomic E-state index is 10.7. The molecule has 1 aromatic carbocycles. The Morgan fingerprint density at radius 3 is 2.71 bits per heavy atom. The van der Waals surface area contributed by atoms with Crippen molar-refractivity contribution in [3.05, 3.63) is 35.5 Å². The largest absolute Gasteiger partial charge is 0.476 e. The van der Waals surface area contributed by atoms with Gasteiger partial charge >= 0.3 is 5.97 Å². The summed E-state index contributed by atoms with van der Waals surface area (Å²) in [5.74, 6) is -1.14. The highest BCUT2D eigenvalue weighted by Gasteiger charge is 2.14. The van der Waals surface area contributed by atoms with Crippen LogP contribution in [-0.2, 0) is 0 Å². The molecule has 0 spiro atoms. The summed E-state index contributed by atoms with van der Waals surface area (Å²) in [6.07, 6.45) is 0. The van der Waals surface area contributed by atoms with Crippen molar-refractivity contribution in [2.45, 2.75) is 6.92 Å². The van der Waals surface area contributed by atoms with Gasteiger partial charge in [0.25, 0.3) is 0 Å². The Morgan fingerprint density at radius 1 is 1.43 bits per heavy atom. The van der Waals surface area contributed by atoms with Crippen LogP contribution < -0.4 is 0 Å². The highest BCUT2D eigenvalue weighted by molar-refractivity contribution is 5.95. The molecule has 0 atom stereocenters. The topological polar surface area (TPSA) is 62.5 Å². The number of aromatic carboxylic acids is 1. The summed E-state index contributed by atoms with van der Waals surface area (Å²) in [6.45, 7) is 1.87. The van der Waals surface area contributed by atoms with Crippen LogP contribution in [0.25, 0.3) is 10.9 Å². The first-order valence-electron chi connectivity index (χ1n) is 4.15. The first kappa shape index (κ1) is 8.62. The van der Waals surface area contributed by atoms with E-state index in [0.29, 0.717) is 10.2 Å². The number of benzene rings is 1. The van der Waals surface area contributed by atoms with Crippen molar-refractivity contribution in [3.63, 3.8) is 0 Å². The number of aryl methyl sites for hydroxylation is 1. The summed E-state index contributed by atoms with van der Waals surface area (Å²) in [5.41, 5.74) is 1.34. The average molecular weight is 191 g/mol. The summed E-state index contributed by atoms with van der Waals surface area (Å²) in [6, 6.07) is 6.78. The molecule has 0 fully saturated rings. The Bertz CT molecular complexity index is 513. The van der Waals surface area contributed by atoms with E-state index >= 15 is 0 Å². The number of carboxylic acids is 1. The minimum absolute atomic E-state index is 0.116. The summed E-state index contributed by atoms with van der Waals surface area (Å²) >= 11 is 0. The Morgan fingerprint density at radius 2 is 2.14 bits per heavy atom. The molecule has 1 heterocycles. The van der Waals surface area contributed by atoms with Crippen LogP contribution in [0.1, 0.15) is 16.1 Å². The van der Waals surface area contributed by atoms with Gasteiger partial charge in [0.05, 0.1) is 5.52 Å². The minimum Gasteiger partial charge on any atom is -0.476 e. The number of nitrogens with zero attached hydrogens (tertiary/aromatic N) is 1. The van der Waals surface area contributed by atoms with Crippen molar-refractivity contribution >= 4 is 16.9 Å². The molecule has 4 heteroatoms. The van der Waals surface area contributed by atoms with Crippen molar-refractivity contribution < 1.29 is 15.1 Å². The molecule has 1 aromatic heterocycles. The monoisotopic (exact) mass is 191 g/mol. The molecule has 0 unspecified atom stereocenters. The number of carbonyl (C=O) groups is 1. The summed E-state index contributed by atoms with van der Waals surface area (Å²) in [5, 5.41) is 19.1. The molecule has 0 saturated carbocycles. The maximum Gasteiger partial charge on any atom is 0.356 e. The van der Waals surface area contributed by atoms with Crippen molar-refractivity contribution in [1.29, 1.82) is 0 Å². The van der Waals surface area contributed by atoms with E-state index in [-0.39, 0.29) is 5.69 Å². The molecular formula is C10H9NO3. The predicted octanol–water partition coefficient (Wildman–Crippen LogP) is 1.89. The SMILES string of the molecule is Cc1cccc2c1cc(C(=O)O)n2O. The van der Waals surface area contributed by atoms with Gasteiger partial charge in [-0.25, -0.2) is 4.79 Å². The number of hydrogen-bond acceptors (Lipinski definition) is 2. The van der Waals surface area contributed by atoms with Crippen LogP contribution in [0.2, 0.25) is 0 Å². The Kier molecular flexibility index (Phi) is 1.70. The van der Waals surface area contributed by atoms with E-state index in [1.807, 2.05) is 13.0 Å². The third kappa shape index (κ3) is 1.04. The zero-order chi connectivity index (χ0) is 10.3. The second-order valence-electron chi connectivity index (χ2n) is 3.15. The van der Waals surface area contributed by atoms with Gasteiger partial charge in [-0.15, -0.1) is 0 Å². The van der Waals surface area contributed by atoms with Crippen LogP contribution in [0, 0.1) is 6.92 Å². The Hall–Kier alpha value is -1.97. The van der Waals surface area contributed by atoms with Gasteiger partial charge in [-0.1, -0.05) is 12.1 Å². The Balaban J connectivity index is 2.86. The van der Waals surface area contributed by atoms with Gasteiger partial charge in [0, 0.05) is 5.39 Å². The number of rotatable bonds is 1. The molecule has 4 nitrogen and oxygen atoms in total. The lowest BCUT2D eigenvalue weighted by Gasteiger charge is -1.97. The van der Waals surface area contributed by atoms with E-state index in [9.17, 15) is 10.0 Å². The maximum atomic E-state index is 10.7. The van der Waals surface area contributed by atoms with E-state index in [0.717, 1.165) is 10.9 Å². The van der Waals surface area contributed by atoms with Crippen LogP contribution in [0.3, 0.4) is 0 Å². The molecule has 0 bridgehead atoms. The fraction of sp³-hybridized carbons (Fsp3) is 0.100. The van der Waals surface area contributed by atoms with Gasteiger partial charge in [-0.2, -0.15) is 4.73 Å². The van der Waals surface area contributed by atoms with Crippen LogP contribution in [0.5, 0.6) is 0 Å². The zero-order valence-corrected chi connectivity index (χ0v) is 7.56. The van der Waals surface area contributed by atoms with E-state index in [4.69, 9.17) is 5.11 Å². The van der Waals surface area contributed by atoms with Crippen molar-refractivity contribution in [2.75, 3.05) is 0 Å². The van der Waals surface area contributed by atoms with E-state index in [2.05, 4.69) is 0 Å². The van der Waals surface area contributed by atoms with Crippen LogP contribution in [0.4, 0.5) is 0 Å². The molecule has 14 heavy (non-hydrogen) atoms. The third-order valence-corrected chi connectivity index (χ3v) is 2.26. The Labute approximate surface area is 80.0 Å². The van der Waals surface area contributed by atoms with Crippen molar-refractivity contribution in [3.8, 4) is 0 Å². The van der Waals surface area contributed by atoms with E-state index < -0.39 is 5.97 Å². The molecule has 72 valence electrons. The third-order valence-electron chi connectivity index (χ3n) is 2.26. The van der Waals surface area contributed by atoms with Gasteiger partial charge in [0.15, 0.2) is 5.69 Å². The summed E-state index contributed by atoms with van der Waals surface area (Å²) < 4.78 is 0.699. The van der Waals surface area contributed by atoms with Gasteiger partial charge < -0.3 is 10.3 Å². The highest BCUT2D eigenvalue weighted by Crippen LogP contribution is 2.21. The normalized spacial score (nSPS) is 10.6. The van der Waals surface area contributed by atoms with E-state index in [1.54, 1.807) is 12.1 Å². The number of carboxylic acid groups (broad SMARTS) is 1. The molecular weight excluding hydrogens is 182 g/mol. The van der Waals surface area contributed by atoms with Gasteiger partial charge in [-0.3, -0.25) is 0 Å². The second kappa shape index (κ2) is 2.77. The first-order valence-corrected chi connectivity index (χ1v) is 4.15. The molecule has 0 aliphatic heterocycles. The summed E-state index contributed by atoms with van der Waals surface area (Å²) in [4.78, 5) is 10.7. The number of aromatic nitrogens is 1. The van der Waals surface area contributed by atoms with Crippen LogP contribution in [0.15, 0.2) is 24.3 Å². The molecule has 2 aromatic rings. The lowest BCUT2D eigenvalue weighted by Crippen LogP contribution is -2.04. The molecule has 0 saturated heterocycles. The van der Waals surface area contributed by atoms with E-state index in [1.165, 1.54) is 6.07 Å². The number of hydrogen-bond donors (Lipinski definition) is 2. The predicted molar refractivity (Wildman–Crippen MR) is 50.8 cm³/mol. The minimum atomic E-state index is -1.14. The zero-order valence-electron chi connectivity index (χ0n) is 7.56. The summed E-state index contributed by atoms with van der Waals surface area (Å²) in [7, 11) is 0. The second-order valence-corrected chi connectivity index (χ2v) is 3.15. The quantitative estimate of drug-likeness (QED) is 0.676. The number of fused-ring (bicyclic) bond motifs is 1. The lowest BCUT2D eigenvalue weighted by molar-refractivity contribution is 0.0649. The molecule has 0 radical (unpaired) electrons. The smallest absolute Gasteiger partial charge is 0.356 e. The molecule has 0 aliphatic rings. The standard InChI is InChI=1S/C10H9NO3/c1-6-3-2-4-8-7(6)5-9(10(12)13)11(8)14/h2-5,14H,1H3,(H,12,13). The fourth-order valence-corrected chi connectivity index (χ4v) is 1.52. The lowest BCUT2D eigenvalue weighted by atomic mass is 10.1. The highest BCUT2D eigenvalue weighted by atomic mass is 16.5. The first-order chi connectivity index (χ1) is 6.61. The van der Waals surface area contributed by atoms with Crippen molar-refractivity contribution in [2.24, 2.45) is 0 Å². The fourth-order valence-electron chi connectivity index (χ4n) is 1.52. The van der Waals surface area contributed by atoms with Gasteiger partial charge in [0.2, 0.25) is 0 Å². The van der Waals surface area contributed by atoms with Gasteiger partial charge in [0.1, 0.15) is 0 Å². The van der Waals surface area contributed by atoms with Crippen LogP contribution >= 0.6 is 0 Å². The van der Waals surface area contributed by atoms with Crippen molar-refractivity contribution in [1.82, 2.24) is 4.73 Å². The molecule has 0 amide bonds. The average Bonchev–Trinajstić information content (AvgIpc) is 2.46. The molecule has 2 rings (SSSR count). The van der Waals surface area contributed by atoms with Crippen LogP contribution in [-0.4, -0.2) is 21.0 Å². The molecule has 0 aliphatic carbocycles. The van der Waals surface area contributed by atoms with Gasteiger partial charge in [-0.05, 0) is 24.6 Å². The molecule has 2 N–H and O–H groups in total.